The van der Waals surface area contributed by atoms with E-state index in [9.17, 15) is 9.65 Å². The summed E-state index contributed by atoms with van der Waals surface area (Å²) in [5, 5.41) is 9.61. The van der Waals surface area contributed by atoms with Gasteiger partial charge in [0.1, 0.15) is 29.9 Å². The van der Waals surface area contributed by atoms with Crippen molar-refractivity contribution in [2.24, 2.45) is 0 Å². The van der Waals surface area contributed by atoms with E-state index >= 15 is 0 Å². The van der Waals surface area contributed by atoms with Gasteiger partial charge < -0.3 is 20.9 Å². The van der Waals surface area contributed by atoms with E-state index in [2.05, 4.69) is 9.97 Å². The van der Waals surface area contributed by atoms with Crippen molar-refractivity contribution in [2.75, 3.05) is 18.6 Å². The highest BCUT2D eigenvalue weighted by Crippen LogP contribution is 2.35. The SMILES string of the molecule is COc1cc(-c2nc(N)nc(N)c2C#N)ccc1OCc1c(F)cccc1Cl. The Kier molecular flexibility index (Phi) is 5.47. The van der Waals surface area contributed by atoms with Gasteiger partial charge in [0.05, 0.1) is 17.8 Å². The van der Waals surface area contributed by atoms with Gasteiger partial charge in [0.25, 0.3) is 0 Å². The van der Waals surface area contributed by atoms with E-state index in [1.54, 1.807) is 24.3 Å². The second-order valence-electron chi connectivity index (χ2n) is 5.66. The number of rotatable bonds is 5. The van der Waals surface area contributed by atoms with Crippen LogP contribution in [0.15, 0.2) is 36.4 Å². The van der Waals surface area contributed by atoms with E-state index in [0.29, 0.717) is 17.1 Å². The van der Waals surface area contributed by atoms with Gasteiger partial charge in [-0.15, -0.1) is 0 Å². The van der Waals surface area contributed by atoms with Gasteiger partial charge in [-0.25, -0.2) is 9.37 Å². The van der Waals surface area contributed by atoms with Crippen LogP contribution in [0.2, 0.25) is 5.02 Å². The van der Waals surface area contributed by atoms with Crippen LogP contribution in [-0.4, -0.2) is 17.1 Å². The molecule has 2 aromatic carbocycles. The van der Waals surface area contributed by atoms with E-state index < -0.39 is 5.82 Å². The number of methoxy groups -OCH3 is 1. The van der Waals surface area contributed by atoms with E-state index in [1.165, 1.54) is 19.2 Å². The van der Waals surface area contributed by atoms with E-state index in [1.807, 2.05) is 6.07 Å². The standard InChI is InChI=1S/C19H15ClFN5O2/c1-27-16-7-10(17-11(8-22)18(23)26-19(24)25-17)5-6-15(16)28-9-12-13(20)3-2-4-14(12)21/h2-7H,9H2,1H3,(H4,23,24,25,26). The normalized spacial score (nSPS) is 10.4. The maximum Gasteiger partial charge on any atom is 0.222 e. The maximum atomic E-state index is 13.9. The van der Waals surface area contributed by atoms with Crippen LogP contribution in [0.3, 0.4) is 0 Å². The minimum Gasteiger partial charge on any atom is -0.493 e. The Morgan fingerprint density at radius 3 is 2.64 bits per heavy atom. The van der Waals surface area contributed by atoms with Crippen molar-refractivity contribution in [2.45, 2.75) is 6.61 Å². The second-order valence-corrected chi connectivity index (χ2v) is 6.06. The summed E-state index contributed by atoms with van der Waals surface area (Å²) in [4.78, 5) is 7.89. The minimum absolute atomic E-state index is 0.0153. The highest BCUT2D eigenvalue weighted by Gasteiger charge is 2.16. The molecular weight excluding hydrogens is 385 g/mol. The smallest absolute Gasteiger partial charge is 0.222 e. The predicted octanol–water partition coefficient (Wildman–Crippen LogP) is 3.56. The molecule has 0 unspecified atom stereocenters. The van der Waals surface area contributed by atoms with Gasteiger partial charge in [-0.3, -0.25) is 0 Å². The fraction of sp³-hybridized carbons (Fsp3) is 0.105. The van der Waals surface area contributed by atoms with Gasteiger partial charge in [-0.05, 0) is 30.3 Å². The quantitative estimate of drug-likeness (QED) is 0.672. The van der Waals surface area contributed by atoms with Crippen molar-refractivity contribution in [1.29, 1.82) is 5.26 Å². The minimum atomic E-state index is -0.464. The lowest BCUT2D eigenvalue weighted by Gasteiger charge is -2.14. The zero-order valence-electron chi connectivity index (χ0n) is 14.7. The molecule has 0 aliphatic carbocycles. The van der Waals surface area contributed by atoms with Crippen molar-refractivity contribution in [3.8, 4) is 28.8 Å². The molecule has 0 bridgehead atoms. The van der Waals surface area contributed by atoms with Crippen molar-refractivity contribution in [1.82, 2.24) is 9.97 Å². The van der Waals surface area contributed by atoms with Crippen molar-refractivity contribution in [3.05, 3.63) is 58.4 Å². The van der Waals surface area contributed by atoms with Crippen LogP contribution >= 0.6 is 11.6 Å². The first-order valence-corrected chi connectivity index (χ1v) is 8.39. The molecule has 4 N–H and O–H groups in total. The largest absolute Gasteiger partial charge is 0.493 e. The first-order chi connectivity index (χ1) is 13.4. The van der Waals surface area contributed by atoms with Crippen LogP contribution in [0.4, 0.5) is 16.2 Å². The number of anilines is 2. The number of hydrogen-bond donors (Lipinski definition) is 2. The van der Waals surface area contributed by atoms with Crippen molar-refractivity contribution < 1.29 is 13.9 Å². The fourth-order valence-corrected chi connectivity index (χ4v) is 2.79. The third-order valence-electron chi connectivity index (χ3n) is 3.94. The number of nitrogens with zero attached hydrogens (tertiary/aromatic N) is 3. The van der Waals surface area contributed by atoms with E-state index in [0.717, 1.165) is 0 Å². The molecule has 3 rings (SSSR count). The monoisotopic (exact) mass is 399 g/mol. The zero-order chi connectivity index (χ0) is 20.3. The number of aromatic nitrogens is 2. The molecule has 28 heavy (non-hydrogen) atoms. The first-order valence-electron chi connectivity index (χ1n) is 8.01. The Morgan fingerprint density at radius 2 is 1.96 bits per heavy atom. The van der Waals surface area contributed by atoms with Crippen LogP contribution < -0.4 is 20.9 Å². The van der Waals surface area contributed by atoms with Gasteiger partial charge in [-0.1, -0.05) is 17.7 Å². The summed E-state index contributed by atoms with van der Waals surface area (Å²) in [6, 6.07) is 11.2. The lowest BCUT2D eigenvalue weighted by atomic mass is 10.1. The number of hydrogen-bond acceptors (Lipinski definition) is 7. The molecule has 0 amide bonds. The summed E-state index contributed by atoms with van der Waals surface area (Å²) in [6.07, 6.45) is 0. The Morgan fingerprint density at radius 1 is 1.18 bits per heavy atom. The lowest BCUT2D eigenvalue weighted by Crippen LogP contribution is -2.05. The topological polar surface area (TPSA) is 120 Å². The number of nitriles is 1. The van der Waals surface area contributed by atoms with Crippen molar-refractivity contribution >= 4 is 23.4 Å². The summed E-state index contributed by atoms with van der Waals surface area (Å²) >= 11 is 6.02. The van der Waals surface area contributed by atoms with Gasteiger partial charge in [-0.2, -0.15) is 10.2 Å². The highest BCUT2D eigenvalue weighted by molar-refractivity contribution is 6.31. The number of ether oxygens (including phenoxy) is 2. The summed E-state index contributed by atoms with van der Waals surface area (Å²) in [5.41, 5.74) is 12.5. The first kappa shape index (κ1) is 19.2. The molecule has 0 saturated heterocycles. The molecule has 0 spiro atoms. The number of nitrogens with two attached hydrogens (primary N) is 2. The Balaban J connectivity index is 1.95. The molecule has 0 fully saturated rings. The highest BCUT2D eigenvalue weighted by atomic mass is 35.5. The molecule has 0 radical (unpaired) electrons. The average molecular weight is 400 g/mol. The van der Waals surface area contributed by atoms with Crippen LogP contribution in [0.1, 0.15) is 11.1 Å². The Labute approximate surface area is 165 Å². The molecule has 1 aromatic heterocycles. The van der Waals surface area contributed by atoms with Crippen LogP contribution in [0, 0.1) is 17.1 Å². The molecule has 0 atom stereocenters. The molecule has 7 nitrogen and oxygen atoms in total. The van der Waals surface area contributed by atoms with Crippen LogP contribution in [-0.2, 0) is 6.61 Å². The second kappa shape index (κ2) is 7.98. The Bertz CT molecular complexity index is 1060. The summed E-state index contributed by atoms with van der Waals surface area (Å²) in [7, 11) is 1.45. The Hall–Kier alpha value is -3.57. The molecule has 9 heteroatoms. The third kappa shape index (κ3) is 3.75. The number of halogens is 2. The van der Waals surface area contributed by atoms with Gasteiger partial charge >= 0.3 is 0 Å². The summed E-state index contributed by atoms with van der Waals surface area (Å²) in [6.45, 7) is -0.0853. The maximum absolute atomic E-state index is 13.9. The van der Waals surface area contributed by atoms with Gasteiger partial charge in [0.15, 0.2) is 11.5 Å². The van der Waals surface area contributed by atoms with Crippen molar-refractivity contribution in [3.63, 3.8) is 0 Å². The zero-order valence-corrected chi connectivity index (χ0v) is 15.5. The van der Waals surface area contributed by atoms with E-state index in [4.69, 9.17) is 32.5 Å². The summed E-state index contributed by atoms with van der Waals surface area (Å²) < 4.78 is 24.9. The molecule has 3 aromatic rings. The van der Waals surface area contributed by atoms with Gasteiger partial charge in [0.2, 0.25) is 5.95 Å². The molecule has 0 aliphatic rings. The van der Waals surface area contributed by atoms with E-state index in [-0.39, 0.29) is 40.2 Å². The molecule has 0 saturated carbocycles. The molecule has 1 heterocycles. The molecular formula is C19H15ClFN5O2. The van der Waals surface area contributed by atoms with Crippen LogP contribution in [0.25, 0.3) is 11.3 Å². The predicted molar refractivity (Wildman–Crippen MR) is 103 cm³/mol. The molecule has 0 aliphatic heterocycles. The number of benzene rings is 2. The summed E-state index contributed by atoms with van der Waals surface area (Å²) in [5.74, 6) is 0.177. The lowest BCUT2D eigenvalue weighted by molar-refractivity contribution is 0.280. The molecule has 142 valence electrons. The van der Waals surface area contributed by atoms with Gasteiger partial charge in [0, 0.05) is 11.1 Å². The fourth-order valence-electron chi connectivity index (χ4n) is 2.57. The van der Waals surface area contributed by atoms with Crippen LogP contribution in [0.5, 0.6) is 11.5 Å². The average Bonchev–Trinajstić information content (AvgIpc) is 2.67. The third-order valence-corrected chi connectivity index (χ3v) is 4.29. The number of nitrogen functional groups attached to an aromatic ring is 2.